The summed E-state index contributed by atoms with van der Waals surface area (Å²) in [5.41, 5.74) is 8.89. The second-order valence-electron chi connectivity index (χ2n) is 3.56. The van der Waals surface area contributed by atoms with E-state index in [1.165, 1.54) is 0 Å². The molecule has 4 heteroatoms. The van der Waals surface area contributed by atoms with E-state index in [-0.39, 0.29) is 0 Å². The van der Waals surface area contributed by atoms with Crippen LogP contribution in [0.2, 0.25) is 0 Å². The molecule has 0 aliphatic carbocycles. The van der Waals surface area contributed by atoms with Crippen molar-refractivity contribution in [3.05, 3.63) is 0 Å². The highest BCUT2D eigenvalue weighted by atomic mass is 15.5. The minimum Gasteiger partial charge on any atom is -0.329 e. The summed E-state index contributed by atoms with van der Waals surface area (Å²) in [5, 5.41) is 2.26. The number of nitrogens with one attached hydrogen (secondary N) is 1. The maximum absolute atomic E-state index is 5.52. The van der Waals surface area contributed by atoms with E-state index in [1.807, 2.05) is 0 Å². The molecule has 12 heavy (non-hydrogen) atoms. The van der Waals surface area contributed by atoms with E-state index in [9.17, 15) is 0 Å². The highest BCUT2D eigenvalue weighted by Crippen LogP contribution is 1.95. The molecule has 1 heterocycles. The quantitative estimate of drug-likeness (QED) is 0.578. The third kappa shape index (κ3) is 3.06. The Morgan fingerprint density at radius 1 is 1.33 bits per heavy atom. The van der Waals surface area contributed by atoms with Gasteiger partial charge in [0.2, 0.25) is 0 Å². The molecular formula is C8H20N4. The summed E-state index contributed by atoms with van der Waals surface area (Å²) in [6.07, 6.45) is 0. The fourth-order valence-corrected chi connectivity index (χ4v) is 1.30. The Balaban J connectivity index is 2.17. The molecule has 0 radical (unpaired) electrons. The number of hydrogen-bond donors (Lipinski definition) is 2. The smallest absolute Gasteiger partial charge is 0.0309 e. The molecule has 0 bridgehead atoms. The lowest BCUT2D eigenvalue weighted by Gasteiger charge is -2.34. The zero-order chi connectivity index (χ0) is 8.97. The highest BCUT2D eigenvalue weighted by molar-refractivity contribution is 4.68. The van der Waals surface area contributed by atoms with Crippen LogP contribution >= 0.6 is 0 Å². The van der Waals surface area contributed by atoms with Gasteiger partial charge in [-0.2, -0.15) is 0 Å². The lowest BCUT2D eigenvalue weighted by molar-refractivity contribution is 0.0913. The van der Waals surface area contributed by atoms with Crippen molar-refractivity contribution in [3.63, 3.8) is 0 Å². The van der Waals surface area contributed by atoms with Crippen LogP contribution < -0.4 is 11.2 Å². The molecule has 1 aliphatic rings. The summed E-state index contributed by atoms with van der Waals surface area (Å²) in [6, 6.07) is 0.397. The second kappa shape index (κ2) is 4.77. The monoisotopic (exact) mass is 172 g/mol. The number of nitrogens with zero attached hydrogens (tertiary/aromatic N) is 2. The van der Waals surface area contributed by atoms with Crippen molar-refractivity contribution >= 4 is 0 Å². The van der Waals surface area contributed by atoms with Crippen molar-refractivity contribution in [1.29, 1.82) is 0 Å². The maximum Gasteiger partial charge on any atom is 0.0309 e. The van der Waals surface area contributed by atoms with Gasteiger partial charge in [-0.05, 0) is 14.0 Å². The molecule has 4 nitrogen and oxygen atoms in total. The molecule has 0 saturated carbocycles. The first-order valence-electron chi connectivity index (χ1n) is 4.62. The lowest BCUT2D eigenvalue weighted by Crippen LogP contribution is -2.54. The van der Waals surface area contributed by atoms with Crippen molar-refractivity contribution in [2.24, 2.45) is 5.73 Å². The van der Waals surface area contributed by atoms with E-state index in [1.54, 1.807) is 0 Å². The number of hydrazine groups is 1. The fourth-order valence-electron chi connectivity index (χ4n) is 1.30. The van der Waals surface area contributed by atoms with E-state index in [0.717, 1.165) is 26.2 Å². The molecule has 72 valence electrons. The van der Waals surface area contributed by atoms with Crippen molar-refractivity contribution < 1.29 is 0 Å². The van der Waals surface area contributed by atoms with Crippen molar-refractivity contribution in [3.8, 4) is 0 Å². The number of rotatable bonds is 3. The lowest BCUT2D eigenvalue weighted by atomic mass is 10.3. The highest BCUT2D eigenvalue weighted by Gasteiger charge is 2.14. The van der Waals surface area contributed by atoms with Gasteiger partial charge in [0.15, 0.2) is 0 Å². The van der Waals surface area contributed by atoms with E-state index in [4.69, 9.17) is 5.73 Å². The molecule has 3 N–H and O–H groups in total. The number of hydrogen-bond acceptors (Lipinski definition) is 4. The van der Waals surface area contributed by atoms with Gasteiger partial charge in [0.05, 0.1) is 0 Å². The molecule has 1 saturated heterocycles. The van der Waals surface area contributed by atoms with Crippen LogP contribution in [-0.2, 0) is 0 Å². The molecule has 1 rings (SSSR count). The van der Waals surface area contributed by atoms with Crippen molar-refractivity contribution in [2.75, 3.05) is 39.8 Å². The zero-order valence-electron chi connectivity index (χ0n) is 8.08. The summed E-state index contributed by atoms with van der Waals surface area (Å²) in [4.78, 5) is 2.34. The van der Waals surface area contributed by atoms with Crippen LogP contribution in [0, 0.1) is 0 Å². The second-order valence-corrected chi connectivity index (χ2v) is 3.56. The molecule has 0 amide bonds. The van der Waals surface area contributed by atoms with Crippen LogP contribution in [0.15, 0.2) is 0 Å². The van der Waals surface area contributed by atoms with E-state index >= 15 is 0 Å². The Morgan fingerprint density at radius 3 is 2.42 bits per heavy atom. The van der Waals surface area contributed by atoms with Crippen LogP contribution in [-0.4, -0.2) is 55.7 Å². The van der Waals surface area contributed by atoms with Gasteiger partial charge in [0, 0.05) is 38.8 Å². The minimum atomic E-state index is 0.397. The first-order valence-corrected chi connectivity index (χ1v) is 4.62. The Labute approximate surface area is 74.7 Å². The summed E-state index contributed by atoms with van der Waals surface area (Å²) < 4.78 is 0. The van der Waals surface area contributed by atoms with E-state index in [2.05, 4.69) is 29.3 Å². The zero-order valence-corrected chi connectivity index (χ0v) is 8.08. The van der Waals surface area contributed by atoms with Gasteiger partial charge in [-0.3, -0.25) is 5.43 Å². The molecule has 1 fully saturated rings. The van der Waals surface area contributed by atoms with Crippen molar-refractivity contribution in [1.82, 2.24) is 15.3 Å². The van der Waals surface area contributed by atoms with Crippen LogP contribution in [0.5, 0.6) is 0 Å². The number of piperazine rings is 1. The summed E-state index contributed by atoms with van der Waals surface area (Å²) >= 11 is 0. The topological polar surface area (TPSA) is 44.5 Å². The van der Waals surface area contributed by atoms with Gasteiger partial charge >= 0.3 is 0 Å². The third-order valence-electron chi connectivity index (χ3n) is 2.26. The van der Waals surface area contributed by atoms with Gasteiger partial charge in [-0.15, -0.1) is 0 Å². The fraction of sp³-hybridized carbons (Fsp3) is 1.00. The summed E-state index contributed by atoms with van der Waals surface area (Å²) in [6.45, 7) is 7.29. The van der Waals surface area contributed by atoms with Gasteiger partial charge in [-0.25, -0.2) is 5.01 Å². The molecule has 1 atom stereocenters. The van der Waals surface area contributed by atoms with Crippen LogP contribution in [0.1, 0.15) is 6.92 Å². The average molecular weight is 172 g/mol. The molecule has 0 spiro atoms. The summed E-state index contributed by atoms with van der Waals surface area (Å²) in [5.74, 6) is 0. The number of nitrogens with two attached hydrogens (primary N) is 1. The Hall–Kier alpha value is -0.160. The van der Waals surface area contributed by atoms with Gasteiger partial charge < -0.3 is 10.6 Å². The van der Waals surface area contributed by atoms with Gasteiger partial charge in [0.1, 0.15) is 0 Å². The largest absolute Gasteiger partial charge is 0.329 e. The first kappa shape index (κ1) is 9.92. The van der Waals surface area contributed by atoms with E-state index in [0.29, 0.717) is 12.6 Å². The standard InChI is InChI=1S/C8H20N4/c1-8(7-9)10-12-5-3-11(2)4-6-12/h8,10H,3-7,9H2,1-2H3. The number of likely N-dealkylation sites (N-methyl/N-ethyl adjacent to an activating group) is 1. The molecule has 1 aliphatic heterocycles. The Morgan fingerprint density at radius 2 is 1.92 bits per heavy atom. The van der Waals surface area contributed by atoms with Gasteiger partial charge in [-0.1, -0.05) is 0 Å². The molecule has 0 aromatic carbocycles. The van der Waals surface area contributed by atoms with Gasteiger partial charge in [0.25, 0.3) is 0 Å². The predicted molar refractivity (Wildman–Crippen MR) is 50.7 cm³/mol. The van der Waals surface area contributed by atoms with Crippen molar-refractivity contribution in [2.45, 2.75) is 13.0 Å². The van der Waals surface area contributed by atoms with E-state index < -0.39 is 0 Å². The SMILES string of the molecule is CC(CN)NN1CCN(C)CC1. The summed E-state index contributed by atoms with van der Waals surface area (Å²) in [7, 11) is 2.16. The average Bonchev–Trinajstić information content (AvgIpc) is 2.09. The molecule has 1 unspecified atom stereocenters. The van der Waals surface area contributed by atoms with Crippen LogP contribution in [0.4, 0.5) is 0 Å². The molecule has 0 aromatic rings. The van der Waals surface area contributed by atoms with Crippen LogP contribution in [0.25, 0.3) is 0 Å². The maximum atomic E-state index is 5.52. The molecular weight excluding hydrogens is 152 g/mol. The normalized spacial score (nSPS) is 24.2. The van der Waals surface area contributed by atoms with Crippen LogP contribution in [0.3, 0.4) is 0 Å². The predicted octanol–water partition coefficient (Wildman–Crippen LogP) is -0.914. The Kier molecular flexibility index (Phi) is 3.94. The Bertz CT molecular complexity index is 120. The third-order valence-corrected chi connectivity index (χ3v) is 2.26. The first-order chi connectivity index (χ1) is 5.72. The molecule has 0 aromatic heterocycles. The minimum absolute atomic E-state index is 0.397.